The van der Waals surface area contributed by atoms with Gasteiger partial charge < -0.3 is 14.7 Å². The van der Waals surface area contributed by atoms with Crippen LogP contribution in [0, 0.1) is 13.8 Å². The topological polar surface area (TPSA) is 71.3 Å². The summed E-state index contributed by atoms with van der Waals surface area (Å²) in [5, 5.41) is 7.85. The number of aryl methyl sites for hydroxylation is 2. The summed E-state index contributed by atoms with van der Waals surface area (Å²) < 4.78 is 5.24. The number of rotatable bonds is 4. The average molecular weight is 344 g/mol. The first-order valence-electron chi connectivity index (χ1n) is 9.12. The van der Waals surface area contributed by atoms with Crippen molar-refractivity contribution < 1.29 is 9.32 Å². The van der Waals surface area contributed by atoms with Gasteiger partial charge in [-0.15, -0.1) is 0 Å². The number of fused-ring (bicyclic) bond motifs is 1. The number of nitrogens with one attached hydrogen (secondary N) is 1. The number of carbonyl (C=O) groups is 1. The molecule has 6 heteroatoms. The van der Waals surface area contributed by atoms with E-state index >= 15 is 0 Å². The van der Waals surface area contributed by atoms with E-state index in [2.05, 4.69) is 34.5 Å². The Morgan fingerprint density at radius 3 is 2.56 bits per heavy atom. The number of pyridine rings is 1. The van der Waals surface area contributed by atoms with Crippen LogP contribution in [0.4, 0.5) is 0 Å². The maximum Gasteiger partial charge on any atom is 0.258 e. The maximum absolute atomic E-state index is 12.9. The Bertz CT molecular complexity index is 758. The molecule has 1 amide bonds. The third-order valence-electron chi connectivity index (χ3n) is 5.55. The van der Waals surface area contributed by atoms with Crippen molar-refractivity contribution in [3.8, 4) is 0 Å². The average Bonchev–Trinajstić information content (AvgIpc) is 2.80. The highest BCUT2D eigenvalue weighted by Crippen LogP contribution is 2.31. The normalized spacial score (nSPS) is 17.6. The van der Waals surface area contributed by atoms with Crippen LogP contribution in [0.3, 0.4) is 0 Å². The van der Waals surface area contributed by atoms with Gasteiger partial charge in [0.1, 0.15) is 0 Å². The maximum atomic E-state index is 12.9. The largest absolute Gasteiger partial charge is 0.350 e. The highest BCUT2D eigenvalue weighted by atomic mass is 16.5. The first-order valence-corrected chi connectivity index (χ1v) is 9.12. The van der Waals surface area contributed by atoms with Gasteiger partial charge in [0.2, 0.25) is 0 Å². The molecule has 6 nitrogen and oxygen atoms in total. The molecule has 0 aliphatic heterocycles. The van der Waals surface area contributed by atoms with Crippen molar-refractivity contribution in [3.63, 3.8) is 0 Å². The lowest BCUT2D eigenvalue weighted by Gasteiger charge is -2.39. The fraction of sp³-hybridized carbons (Fsp3) is 0.632. The van der Waals surface area contributed by atoms with E-state index in [1.807, 2.05) is 19.9 Å². The van der Waals surface area contributed by atoms with Gasteiger partial charge in [-0.25, -0.2) is 4.98 Å². The monoisotopic (exact) mass is 344 g/mol. The van der Waals surface area contributed by atoms with Crippen LogP contribution in [-0.2, 0) is 0 Å². The Kier molecular flexibility index (Phi) is 5.08. The minimum atomic E-state index is -0.0766. The molecule has 1 N–H and O–H groups in total. The standard InChI is InChI=1S/C19H28N4O2/c1-13-11-15(16-14(2)22-25-18(16)21-13)17(24)20-12-19(23(3)4)9-7-5-6-8-10-19/h11H,5-10,12H2,1-4H3,(H,20,24). The lowest BCUT2D eigenvalue weighted by atomic mass is 9.88. The number of aromatic nitrogens is 2. The summed E-state index contributed by atoms with van der Waals surface area (Å²) in [5.74, 6) is -0.0766. The number of likely N-dealkylation sites (N-methyl/N-ethyl adjacent to an activating group) is 1. The van der Waals surface area contributed by atoms with Crippen molar-refractivity contribution in [3.05, 3.63) is 23.0 Å². The second kappa shape index (κ2) is 7.12. The highest BCUT2D eigenvalue weighted by molar-refractivity contribution is 6.06. The number of hydrogen-bond acceptors (Lipinski definition) is 5. The Morgan fingerprint density at radius 2 is 1.92 bits per heavy atom. The Hall–Kier alpha value is -1.95. The molecule has 136 valence electrons. The molecule has 0 saturated heterocycles. The van der Waals surface area contributed by atoms with Crippen LogP contribution < -0.4 is 5.32 Å². The Labute approximate surface area is 149 Å². The number of hydrogen-bond donors (Lipinski definition) is 1. The summed E-state index contributed by atoms with van der Waals surface area (Å²) in [7, 11) is 4.24. The van der Waals surface area contributed by atoms with Crippen LogP contribution in [0.2, 0.25) is 0 Å². The van der Waals surface area contributed by atoms with E-state index in [0.29, 0.717) is 28.9 Å². The zero-order chi connectivity index (χ0) is 18.0. The van der Waals surface area contributed by atoms with E-state index in [-0.39, 0.29) is 11.4 Å². The molecule has 0 radical (unpaired) electrons. The third kappa shape index (κ3) is 3.54. The Morgan fingerprint density at radius 1 is 1.24 bits per heavy atom. The van der Waals surface area contributed by atoms with Gasteiger partial charge in [0, 0.05) is 17.8 Å². The molecule has 2 aromatic rings. The van der Waals surface area contributed by atoms with E-state index in [0.717, 1.165) is 18.5 Å². The van der Waals surface area contributed by atoms with Gasteiger partial charge in [-0.05, 0) is 46.9 Å². The van der Waals surface area contributed by atoms with E-state index in [4.69, 9.17) is 4.52 Å². The van der Waals surface area contributed by atoms with Crippen molar-refractivity contribution in [2.75, 3.05) is 20.6 Å². The fourth-order valence-corrected chi connectivity index (χ4v) is 3.91. The number of amides is 1. The van der Waals surface area contributed by atoms with Gasteiger partial charge >= 0.3 is 0 Å². The molecule has 2 heterocycles. The summed E-state index contributed by atoms with van der Waals surface area (Å²) in [6.45, 7) is 4.36. The second-order valence-corrected chi connectivity index (χ2v) is 7.47. The summed E-state index contributed by atoms with van der Waals surface area (Å²) >= 11 is 0. The van der Waals surface area contributed by atoms with Crippen LogP contribution in [0.5, 0.6) is 0 Å². The van der Waals surface area contributed by atoms with Gasteiger partial charge in [0.15, 0.2) is 0 Å². The van der Waals surface area contributed by atoms with Crippen molar-refractivity contribution in [1.82, 2.24) is 20.4 Å². The molecular formula is C19H28N4O2. The number of nitrogens with zero attached hydrogens (tertiary/aromatic N) is 3. The summed E-state index contributed by atoms with van der Waals surface area (Å²) in [6.07, 6.45) is 7.25. The Balaban J connectivity index is 1.83. The zero-order valence-corrected chi connectivity index (χ0v) is 15.7. The SMILES string of the molecule is Cc1cc(C(=O)NCC2(N(C)C)CCCCCC2)c2c(C)noc2n1. The molecule has 1 fully saturated rings. The minimum Gasteiger partial charge on any atom is -0.350 e. The molecule has 1 aliphatic rings. The lowest BCUT2D eigenvalue weighted by Crippen LogP contribution is -2.52. The molecule has 1 aliphatic carbocycles. The fourth-order valence-electron chi connectivity index (χ4n) is 3.91. The van der Waals surface area contributed by atoms with E-state index in [1.165, 1.54) is 25.7 Å². The predicted molar refractivity (Wildman–Crippen MR) is 97.7 cm³/mol. The summed E-state index contributed by atoms with van der Waals surface area (Å²) in [4.78, 5) is 19.5. The van der Waals surface area contributed by atoms with Gasteiger partial charge in [-0.1, -0.05) is 30.8 Å². The van der Waals surface area contributed by atoms with E-state index in [9.17, 15) is 4.79 Å². The molecule has 1 saturated carbocycles. The van der Waals surface area contributed by atoms with Crippen LogP contribution in [0.15, 0.2) is 10.6 Å². The van der Waals surface area contributed by atoms with Gasteiger partial charge in [0.05, 0.1) is 16.6 Å². The highest BCUT2D eigenvalue weighted by Gasteiger charge is 2.33. The molecule has 0 atom stereocenters. The van der Waals surface area contributed by atoms with Crippen molar-refractivity contribution >= 4 is 17.0 Å². The van der Waals surface area contributed by atoms with Gasteiger partial charge in [-0.3, -0.25) is 4.79 Å². The quantitative estimate of drug-likeness (QED) is 0.862. The molecule has 0 spiro atoms. The minimum absolute atomic E-state index is 0.0387. The second-order valence-electron chi connectivity index (χ2n) is 7.47. The van der Waals surface area contributed by atoms with Crippen molar-refractivity contribution in [2.24, 2.45) is 0 Å². The first kappa shape index (κ1) is 17.9. The molecule has 25 heavy (non-hydrogen) atoms. The van der Waals surface area contributed by atoms with Gasteiger partial charge in [0.25, 0.3) is 11.6 Å². The zero-order valence-electron chi connectivity index (χ0n) is 15.7. The van der Waals surface area contributed by atoms with E-state index < -0.39 is 0 Å². The number of carbonyl (C=O) groups excluding carboxylic acids is 1. The summed E-state index contributed by atoms with van der Waals surface area (Å²) in [6, 6.07) is 1.82. The molecule has 0 bridgehead atoms. The third-order valence-corrected chi connectivity index (χ3v) is 5.55. The lowest BCUT2D eigenvalue weighted by molar-refractivity contribution is 0.0870. The predicted octanol–water partition coefficient (Wildman–Crippen LogP) is 3.22. The van der Waals surface area contributed by atoms with Crippen LogP contribution >= 0.6 is 0 Å². The van der Waals surface area contributed by atoms with Crippen molar-refractivity contribution in [1.29, 1.82) is 0 Å². The smallest absolute Gasteiger partial charge is 0.258 e. The van der Waals surface area contributed by atoms with Crippen LogP contribution in [0.25, 0.3) is 11.1 Å². The van der Waals surface area contributed by atoms with Crippen LogP contribution in [-0.4, -0.2) is 47.1 Å². The van der Waals surface area contributed by atoms with Crippen molar-refractivity contribution in [2.45, 2.75) is 57.9 Å². The summed E-state index contributed by atoms with van der Waals surface area (Å²) in [5.41, 5.74) is 2.52. The first-order chi connectivity index (χ1) is 11.9. The van der Waals surface area contributed by atoms with E-state index in [1.54, 1.807) is 0 Å². The molecule has 2 aromatic heterocycles. The molecule has 0 unspecified atom stereocenters. The molecule has 3 rings (SSSR count). The molecular weight excluding hydrogens is 316 g/mol. The molecule has 0 aromatic carbocycles. The van der Waals surface area contributed by atoms with Crippen LogP contribution in [0.1, 0.15) is 60.3 Å². The van der Waals surface area contributed by atoms with Gasteiger partial charge in [-0.2, -0.15) is 0 Å².